The highest BCUT2D eigenvalue weighted by molar-refractivity contribution is 6.33. The van der Waals surface area contributed by atoms with Crippen molar-refractivity contribution in [3.63, 3.8) is 0 Å². The Labute approximate surface area is 94.0 Å². The molecule has 1 fully saturated rings. The molecule has 0 unspecified atom stereocenters. The highest BCUT2D eigenvalue weighted by Crippen LogP contribution is 2.26. The van der Waals surface area contributed by atoms with E-state index in [4.69, 9.17) is 11.6 Å². The Kier molecular flexibility index (Phi) is 2.93. The summed E-state index contributed by atoms with van der Waals surface area (Å²) in [6, 6.07) is 7.30. The van der Waals surface area contributed by atoms with Gasteiger partial charge in [-0.15, -0.1) is 0 Å². The number of amides is 1. The van der Waals surface area contributed by atoms with Crippen molar-refractivity contribution in [1.82, 2.24) is 5.32 Å². The van der Waals surface area contributed by atoms with Crippen molar-refractivity contribution in [2.75, 3.05) is 18.0 Å². The maximum Gasteiger partial charge on any atom is 0.243 e. The van der Waals surface area contributed by atoms with Gasteiger partial charge in [0.2, 0.25) is 5.91 Å². The molecule has 0 radical (unpaired) electrons. The lowest BCUT2D eigenvalue weighted by Gasteiger charge is -2.32. The summed E-state index contributed by atoms with van der Waals surface area (Å²) in [5.41, 5.74) is 0.803. The zero-order chi connectivity index (χ0) is 10.8. The predicted molar refractivity (Wildman–Crippen MR) is 61.3 cm³/mol. The summed E-state index contributed by atoms with van der Waals surface area (Å²) in [5, 5.41) is 3.74. The molecule has 2 rings (SSSR count). The number of hydrogen-bond donors (Lipinski definition) is 1. The summed E-state index contributed by atoms with van der Waals surface area (Å²) in [6.07, 6.45) is 0. The van der Waals surface area contributed by atoms with Crippen LogP contribution in [-0.2, 0) is 4.79 Å². The SMILES string of the molecule is C[C@H]1NCCN(c2ccccc2Cl)C1=O. The van der Waals surface area contributed by atoms with E-state index in [1.807, 2.05) is 25.1 Å². The number of rotatable bonds is 1. The molecule has 1 N–H and O–H groups in total. The van der Waals surface area contributed by atoms with Crippen LogP contribution in [0.3, 0.4) is 0 Å². The van der Waals surface area contributed by atoms with E-state index in [9.17, 15) is 4.79 Å². The molecular weight excluding hydrogens is 212 g/mol. The Morgan fingerprint density at radius 2 is 2.20 bits per heavy atom. The molecule has 0 aliphatic carbocycles. The maximum absolute atomic E-state index is 11.9. The minimum Gasteiger partial charge on any atom is -0.308 e. The molecule has 1 amide bonds. The summed E-state index contributed by atoms with van der Waals surface area (Å²) in [5.74, 6) is 0.0781. The first kappa shape index (κ1) is 10.5. The number of hydrogen-bond acceptors (Lipinski definition) is 2. The second-order valence-electron chi connectivity index (χ2n) is 3.62. The van der Waals surface area contributed by atoms with Gasteiger partial charge < -0.3 is 10.2 Å². The van der Waals surface area contributed by atoms with Gasteiger partial charge in [-0.05, 0) is 19.1 Å². The second kappa shape index (κ2) is 4.21. The van der Waals surface area contributed by atoms with Crippen LogP contribution in [0.25, 0.3) is 0 Å². The van der Waals surface area contributed by atoms with Gasteiger partial charge in [0, 0.05) is 13.1 Å². The molecule has 1 aromatic carbocycles. The zero-order valence-electron chi connectivity index (χ0n) is 8.53. The Bertz CT molecular complexity index is 381. The van der Waals surface area contributed by atoms with Gasteiger partial charge in [-0.3, -0.25) is 4.79 Å². The third-order valence-electron chi connectivity index (χ3n) is 2.57. The first-order valence-corrected chi connectivity index (χ1v) is 5.37. The molecule has 0 bridgehead atoms. The van der Waals surface area contributed by atoms with E-state index in [1.54, 1.807) is 11.0 Å². The van der Waals surface area contributed by atoms with Crippen molar-refractivity contribution >= 4 is 23.2 Å². The number of carbonyl (C=O) groups excluding carboxylic acids is 1. The monoisotopic (exact) mass is 224 g/mol. The Hall–Kier alpha value is -1.06. The highest BCUT2D eigenvalue weighted by Gasteiger charge is 2.26. The van der Waals surface area contributed by atoms with Crippen LogP contribution >= 0.6 is 11.6 Å². The van der Waals surface area contributed by atoms with Crippen molar-refractivity contribution in [2.24, 2.45) is 0 Å². The maximum atomic E-state index is 11.9. The Balaban J connectivity index is 2.30. The van der Waals surface area contributed by atoms with Crippen molar-refractivity contribution in [1.29, 1.82) is 0 Å². The molecule has 1 atom stereocenters. The zero-order valence-corrected chi connectivity index (χ0v) is 9.29. The van der Waals surface area contributed by atoms with E-state index in [2.05, 4.69) is 5.32 Å². The van der Waals surface area contributed by atoms with Gasteiger partial charge >= 0.3 is 0 Å². The Morgan fingerprint density at radius 1 is 1.47 bits per heavy atom. The normalized spacial score (nSPS) is 21.9. The molecule has 1 heterocycles. The number of carbonyl (C=O) groups is 1. The molecule has 1 aliphatic heterocycles. The third kappa shape index (κ3) is 1.98. The first-order chi connectivity index (χ1) is 7.20. The van der Waals surface area contributed by atoms with Gasteiger partial charge in [-0.2, -0.15) is 0 Å². The molecule has 0 aromatic heterocycles. The predicted octanol–water partition coefficient (Wildman–Crippen LogP) is 1.66. The van der Waals surface area contributed by atoms with Gasteiger partial charge in [-0.1, -0.05) is 23.7 Å². The summed E-state index contributed by atoms with van der Waals surface area (Å²) < 4.78 is 0. The molecular formula is C11H13ClN2O. The summed E-state index contributed by atoms with van der Waals surface area (Å²) in [4.78, 5) is 13.6. The second-order valence-corrected chi connectivity index (χ2v) is 4.02. The highest BCUT2D eigenvalue weighted by atomic mass is 35.5. The van der Waals surface area contributed by atoms with Crippen LogP contribution < -0.4 is 10.2 Å². The average molecular weight is 225 g/mol. The smallest absolute Gasteiger partial charge is 0.243 e. The molecule has 0 spiro atoms. The van der Waals surface area contributed by atoms with E-state index in [1.165, 1.54) is 0 Å². The minimum absolute atomic E-state index is 0.0781. The van der Waals surface area contributed by atoms with Gasteiger partial charge in [-0.25, -0.2) is 0 Å². The first-order valence-electron chi connectivity index (χ1n) is 4.99. The standard InChI is InChI=1S/C11H13ClN2O/c1-8-11(15)14(7-6-13-8)10-5-3-2-4-9(10)12/h2-5,8,13H,6-7H2,1H3/t8-/m1/s1. The lowest BCUT2D eigenvalue weighted by molar-refractivity contribution is -0.121. The minimum atomic E-state index is -0.130. The molecule has 4 heteroatoms. The number of anilines is 1. The molecule has 15 heavy (non-hydrogen) atoms. The van der Waals surface area contributed by atoms with Crippen molar-refractivity contribution in [3.05, 3.63) is 29.3 Å². The van der Waals surface area contributed by atoms with E-state index >= 15 is 0 Å². The number of nitrogens with one attached hydrogen (secondary N) is 1. The molecule has 1 aliphatic rings. The van der Waals surface area contributed by atoms with Crippen LogP contribution in [0.4, 0.5) is 5.69 Å². The fraction of sp³-hybridized carbons (Fsp3) is 0.364. The quantitative estimate of drug-likeness (QED) is 0.787. The van der Waals surface area contributed by atoms with E-state index in [0.29, 0.717) is 11.6 Å². The number of para-hydroxylation sites is 1. The van der Waals surface area contributed by atoms with E-state index < -0.39 is 0 Å². The van der Waals surface area contributed by atoms with Crippen molar-refractivity contribution in [2.45, 2.75) is 13.0 Å². The number of piperazine rings is 1. The topological polar surface area (TPSA) is 32.3 Å². The van der Waals surface area contributed by atoms with Crippen LogP contribution in [0, 0.1) is 0 Å². The average Bonchev–Trinajstić information content (AvgIpc) is 2.23. The number of halogens is 1. The van der Waals surface area contributed by atoms with Crippen LogP contribution in [-0.4, -0.2) is 25.0 Å². The lowest BCUT2D eigenvalue weighted by atomic mass is 10.2. The molecule has 1 saturated heterocycles. The van der Waals surface area contributed by atoms with Crippen LogP contribution in [0.5, 0.6) is 0 Å². The molecule has 3 nitrogen and oxygen atoms in total. The molecule has 1 aromatic rings. The lowest BCUT2D eigenvalue weighted by Crippen LogP contribution is -2.53. The fourth-order valence-electron chi connectivity index (χ4n) is 1.73. The van der Waals surface area contributed by atoms with Crippen LogP contribution in [0.2, 0.25) is 5.02 Å². The summed E-state index contributed by atoms with van der Waals surface area (Å²) in [7, 11) is 0. The van der Waals surface area contributed by atoms with Gasteiger partial charge in [0.15, 0.2) is 0 Å². The van der Waals surface area contributed by atoms with Crippen molar-refractivity contribution < 1.29 is 4.79 Å². The largest absolute Gasteiger partial charge is 0.308 e. The van der Waals surface area contributed by atoms with Gasteiger partial charge in [0.05, 0.1) is 16.8 Å². The number of benzene rings is 1. The third-order valence-corrected chi connectivity index (χ3v) is 2.89. The van der Waals surface area contributed by atoms with Crippen molar-refractivity contribution in [3.8, 4) is 0 Å². The molecule has 0 saturated carbocycles. The summed E-state index contributed by atoms with van der Waals surface area (Å²) in [6.45, 7) is 3.34. The summed E-state index contributed by atoms with van der Waals surface area (Å²) >= 11 is 6.06. The van der Waals surface area contributed by atoms with Gasteiger partial charge in [0.1, 0.15) is 0 Å². The van der Waals surface area contributed by atoms with Crippen LogP contribution in [0.15, 0.2) is 24.3 Å². The fourth-order valence-corrected chi connectivity index (χ4v) is 1.97. The van der Waals surface area contributed by atoms with E-state index in [0.717, 1.165) is 12.2 Å². The number of nitrogens with zero attached hydrogens (tertiary/aromatic N) is 1. The Morgan fingerprint density at radius 3 is 2.93 bits per heavy atom. The van der Waals surface area contributed by atoms with E-state index in [-0.39, 0.29) is 11.9 Å². The van der Waals surface area contributed by atoms with Crippen LogP contribution in [0.1, 0.15) is 6.92 Å². The molecule has 80 valence electrons. The van der Waals surface area contributed by atoms with Gasteiger partial charge in [0.25, 0.3) is 0 Å².